The third-order valence-corrected chi connectivity index (χ3v) is 1.37. The first kappa shape index (κ1) is 12.8. The van der Waals surface area contributed by atoms with Crippen LogP contribution in [0.4, 0.5) is 0 Å². The summed E-state index contributed by atoms with van der Waals surface area (Å²) in [7, 11) is 1.67. The Labute approximate surface area is 79.8 Å². The summed E-state index contributed by atoms with van der Waals surface area (Å²) in [6.07, 6.45) is 0.515. The van der Waals surface area contributed by atoms with Crippen LogP contribution in [0.25, 0.3) is 0 Å². The van der Waals surface area contributed by atoms with Crippen molar-refractivity contribution in [1.82, 2.24) is 0 Å². The first-order valence-corrected chi connectivity index (χ1v) is 4.60. The van der Waals surface area contributed by atoms with Gasteiger partial charge in [0.05, 0.1) is 25.9 Å². The van der Waals surface area contributed by atoms with E-state index < -0.39 is 6.10 Å². The molecule has 0 radical (unpaired) electrons. The van der Waals surface area contributed by atoms with Gasteiger partial charge in [0, 0.05) is 20.3 Å². The van der Waals surface area contributed by atoms with Crippen molar-refractivity contribution in [2.75, 3.05) is 40.1 Å². The Kier molecular flexibility index (Phi) is 9.80. The smallest absolute Gasteiger partial charge is 0.0745 e. The second-order valence-corrected chi connectivity index (χ2v) is 2.88. The molecule has 13 heavy (non-hydrogen) atoms. The van der Waals surface area contributed by atoms with E-state index in [4.69, 9.17) is 19.3 Å². The Morgan fingerprint density at radius 3 is 2.38 bits per heavy atom. The van der Waals surface area contributed by atoms with Gasteiger partial charge >= 0.3 is 0 Å². The van der Waals surface area contributed by atoms with Crippen LogP contribution in [0.1, 0.15) is 13.3 Å². The molecule has 0 saturated heterocycles. The lowest BCUT2D eigenvalue weighted by atomic mass is 10.4. The van der Waals surface area contributed by atoms with Crippen molar-refractivity contribution in [3.05, 3.63) is 0 Å². The van der Waals surface area contributed by atoms with Gasteiger partial charge in [0.2, 0.25) is 0 Å². The Balaban J connectivity index is 2.84. The average molecular weight is 192 g/mol. The van der Waals surface area contributed by atoms with E-state index in [-0.39, 0.29) is 0 Å². The lowest BCUT2D eigenvalue weighted by Crippen LogP contribution is -2.14. The number of aliphatic hydroxyl groups excluding tert-OH is 1. The van der Waals surface area contributed by atoms with Crippen molar-refractivity contribution in [3.8, 4) is 0 Å². The normalized spacial score (nSPS) is 13.2. The van der Waals surface area contributed by atoms with E-state index in [1.807, 2.05) is 0 Å². The molecule has 0 fully saturated rings. The van der Waals surface area contributed by atoms with Crippen molar-refractivity contribution in [1.29, 1.82) is 0 Å². The molecular formula is C9H20O4. The highest BCUT2D eigenvalue weighted by molar-refractivity contribution is 4.41. The zero-order valence-electron chi connectivity index (χ0n) is 8.49. The van der Waals surface area contributed by atoms with Gasteiger partial charge in [-0.15, -0.1) is 0 Å². The molecule has 0 bridgehead atoms. The largest absolute Gasteiger partial charge is 0.391 e. The molecule has 0 aliphatic heterocycles. The van der Waals surface area contributed by atoms with Gasteiger partial charge in [-0.25, -0.2) is 0 Å². The van der Waals surface area contributed by atoms with Crippen LogP contribution >= 0.6 is 0 Å². The van der Waals surface area contributed by atoms with Crippen LogP contribution < -0.4 is 0 Å². The summed E-state index contributed by atoms with van der Waals surface area (Å²) in [4.78, 5) is 0. The van der Waals surface area contributed by atoms with Gasteiger partial charge in [-0.1, -0.05) is 0 Å². The van der Waals surface area contributed by atoms with E-state index in [1.165, 1.54) is 0 Å². The molecule has 0 spiro atoms. The minimum atomic E-state index is -0.395. The molecule has 80 valence electrons. The second kappa shape index (κ2) is 9.92. The highest BCUT2D eigenvalue weighted by Gasteiger charge is 1.94. The van der Waals surface area contributed by atoms with E-state index in [0.717, 1.165) is 13.0 Å². The third kappa shape index (κ3) is 11.8. The van der Waals surface area contributed by atoms with Crippen molar-refractivity contribution in [3.63, 3.8) is 0 Å². The molecule has 1 atom stereocenters. The Morgan fingerprint density at radius 2 is 1.77 bits per heavy atom. The maximum absolute atomic E-state index is 8.84. The molecule has 0 aromatic carbocycles. The minimum Gasteiger partial charge on any atom is -0.391 e. The number of rotatable bonds is 9. The average Bonchev–Trinajstić information content (AvgIpc) is 2.09. The standard InChI is InChI=1S/C9H20O4/c1-9(10)8-13-7-6-12-5-3-4-11-2/h9-10H,3-8H2,1-2H3/t9-/m1/s1. The number of hydrogen-bond donors (Lipinski definition) is 1. The molecule has 0 heterocycles. The highest BCUT2D eigenvalue weighted by atomic mass is 16.5. The first-order valence-electron chi connectivity index (χ1n) is 4.60. The van der Waals surface area contributed by atoms with Crippen LogP contribution in [0.2, 0.25) is 0 Å². The molecule has 0 rings (SSSR count). The van der Waals surface area contributed by atoms with Crippen LogP contribution in [0.3, 0.4) is 0 Å². The maximum atomic E-state index is 8.84. The van der Waals surface area contributed by atoms with E-state index in [9.17, 15) is 0 Å². The maximum Gasteiger partial charge on any atom is 0.0745 e. The summed E-state index contributed by atoms with van der Waals surface area (Å²) in [5.74, 6) is 0. The molecular weight excluding hydrogens is 172 g/mol. The van der Waals surface area contributed by atoms with Gasteiger partial charge in [0.25, 0.3) is 0 Å². The zero-order valence-corrected chi connectivity index (χ0v) is 8.49. The summed E-state index contributed by atoms with van der Waals surface area (Å²) in [6.45, 7) is 4.62. The van der Waals surface area contributed by atoms with Gasteiger partial charge in [0.1, 0.15) is 0 Å². The van der Waals surface area contributed by atoms with E-state index in [0.29, 0.717) is 26.4 Å². The van der Waals surface area contributed by atoms with Gasteiger partial charge in [-0.3, -0.25) is 0 Å². The van der Waals surface area contributed by atoms with Gasteiger partial charge < -0.3 is 19.3 Å². The fraction of sp³-hybridized carbons (Fsp3) is 1.00. The Bertz CT molecular complexity index is 95.6. The molecule has 0 aliphatic rings. The molecule has 0 saturated carbocycles. The predicted octanol–water partition coefficient (Wildman–Crippen LogP) is 0.437. The predicted molar refractivity (Wildman–Crippen MR) is 49.8 cm³/mol. The first-order chi connectivity index (χ1) is 6.27. The summed E-state index contributed by atoms with van der Waals surface area (Å²) < 4.78 is 15.2. The van der Waals surface area contributed by atoms with E-state index >= 15 is 0 Å². The second-order valence-electron chi connectivity index (χ2n) is 2.88. The minimum absolute atomic E-state index is 0.376. The fourth-order valence-electron chi connectivity index (χ4n) is 0.779. The monoisotopic (exact) mass is 192 g/mol. The molecule has 0 aromatic rings. The van der Waals surface area contributed by atoms with E-state index in [1.54, 1.807) is 14.0 Å². The number of aliphatic hydroxyl groups is 1. The molecule has 1 N–H and O–H groups in total. The van der Waals surface area contributed by atoms with Crippen molar-refractivity contribution >= 4 is 0 Å². The SMILES string of the molecule is COCCCOCCOC[C@@H](C)O. The lowest BCUT2D eigenvalue weighted by Gasteiger charge is -2.06. The number of methoxy groups -OCH3 is 1. The highest BCUT2D eigenvalue weighted by Crippen LogP contribution is 1.86. The van der Waals surface area contributed by atoms with Crippen LogP contribution in [-0.4, -0.2) is 51.4 Å². The van der Waals surface area contributed by atoms with Crippen molar-refractivity contribution in [2.45, 2.75) is 19.4 Å². The van der Waals surface area contributed by atoms with Crippen molar-refractivity contribution in [2.24, 2.45) is 0 Å². The summed E-state index contributed by atoms with van der Waals surface area (Å²) in [5, 5.41) is 8.84. The Morgan fingerprint density at radius 1 is 1.08 bits per heavy atom. The number of hydrogen-bond acceptors (Lipinski definition) is 4. The molecule has 4 nitrogen and oxygen atoms in total. The summed E-state index contributed by atoms with van der Waals surface area (Å²) >= 11 is 0. The zero-order chi connectivity index (χ0) is 9.94. The third-order valence-electron chi connectivity index (χ3n) is 1.37. The molecule has 0 amide bonds. The van der Waals surface area contributed by atoms with Gasteiger partial charge in [0.15, 0.2) is 0 Å². The summed E-state index contributed by atoms with van der Waals surface area (Å²) in [6, 6.07) is 0. The molecule has 0 aliphatic carbocycles. The van der Waals surface area contributed by atoms with Crippen LogP contribution in [0, 0.1) is 0 Å². The quantitative estimate of drug-likeness (QED) is 0.538. The summed E-state index contributed by atoms with van der Waals surface area (Å²) in [5.41, 5.74) is 0. The van der Waals surface area contributed by atoms with Gasteiger partial charge in [-0.2, -0.15) is 0 Å². The van der Waals surface area contributed by atoms with E-state index in [2.05, 4.69) is 0 Å². The topological polar surface area (TPSA) is 47.9 Å². The lowest BCUT2D eigenvalue weighted by molar-refractivity contribution is 0.00648. The van der Waals surface area contributed by atoms with Crippen LogP contribution in [0.15, 0.2) is 0 Å². The van der Waals surface area contributed by atoms with Crippen LogP contribution in [0.5, 0.6) is 0 Å². The van der Waals surface area contributed by atoms with Crippen molar-refractivity contribution < 1.29 is 19.3 Å². The molecule has 4 heteroatoms. The molecule has 0 aromatic heterocycles. The molecule has 0 unspecified atom stereocenters. The van der Waals surface area contributed by atoms with Gasteiger partial charge in [-0.05, 0) is 13.3 Å². The fourth-order valence-corrected chi connectivity index (χ4v) is 0.779. The van der Waals surface area contributed by atoms with Crippen LogP contribution in [-0.2, 0) is 14.2 Å². The Hall–Kier alpha value is -0.160. The number of ether oxygens (including phenoxy) is 3.